The molecule has 2 heterocycles. The summed E-state index contributed by atoms with van der Waals surface area (Å²) in [4.78, 5) is 0. The Labute approximate surface area is 312 Å². The van der Waals surface area contributed by atoms with E-state index < -0.39 is 0 Å². The Bertz CT molecular complexity index is 3190. The summed E-state index contributed by atoms with van der Waals surface area (Å²) in [7, 11) is 0. The second-order valence-electron chi connectivity index (χ2n) is 13.5. The maximum atomic E-state index is 10.3. The van der Waals surface area contributed by atoms with E-state index in [2.05, 4.69) is 161 Å². The first-order valence-corrected chi connectivity index (χ1v) is 18.0. The van der Waals surface area contributed by atoms with E-state index >= 15 is 0 Å². The van der Waals surface area contributed by atoms with Gasteiger partial charge in [0.25, 0.3) is 0 Å². The molecule has 8 aromatic carbocycles. The van der Waals surface area contributed by atoms with Crippen LogP contribution in [0.3, 0.4) is 0 Å². The highest BCUT2D eigenvalue weighted by Gasteiger charge is 2.22. The fourth-order valence-corrected chi connectivity index (χ4v) is 8.36. The highest BCUT2D eigenvalue weighted by atomic mass is 15.0. The predicted octanol–water partition coefficient (Wildman–Crippen LogP) is 12.6. The maximum Gasteiger partial charge on any atom is 0.101 e. The number of fused-ring (bicyclic) bond motifs is 6. The molecule has 0 spiro atoms. The quantitative estimate of drug-likeness (QED) is 0.181. The molecule has 250 valence electrons. The van der Waals surface area contributed by atoms with Gasteiger partial charge in [0.05, 0.1) is 45.0 Å². The van der Waals surface area contributed by atoms with Crippen molar-refractivity contribution in [1.82, 2.24) is 9.13 Å². The van der Waals surface area contributed by atoms with Gasteiger partial charge in [0.2, 0.25) is 0 Å². The average molecular weight is 687 g/mol. The fourth-order valence-electron chi connectivity index (χ4n) is 8.36. The number of hydrogen-bond donors (Lipinski definition) is 0. The highest BCUT2D eigenvalue weighted by molar-refractivity contribution is 6.17. The molecule has 0 aliphatic heterocycles. The van der Waals surface area contributed by atoms with Gasteiger partial charge in [-0.2, -0.15) is 10.5 Å². The summed E-state index contributed by atoms with van der Waals surface area (Å²) in [6.45, 7) is 0. The standard InChI is InChI=1S/C50H30N4/c51-31-33-28-29-48-45(30-33)44-25-13-23-42(50(44)54(48)46-26-10-4-14-34(46)32-52)39-20-8-6-18-37(39)36-17-5-7-19-38(36)41-22-12-24-43-40-21-9-11-27-47(40)53(49(41)43)35-15-2-1-3-16-35/h1-30H. The second-order valence-corrected chi connectivity index (χ2v) is 13.5. The van der Waals surface area contributed by atoms with E-state index in [1.54, 1.807) is 0 Å². The van der Waals surface area contributed by atoms with E-state index in [9.17, 15) is 10.5 Å². The Morgan fingerprint density at radius 3 is 1.52 bits per heavy atom. The number of hydrogen-bond acceptors (Lipinski definition) is 2. The van der Waals surface area contributed by atoms with Gasteiger partial charge in [0, 0.05) is 38.4 Å². The number of benzene rings is 8. The van der Waals surface area contributed by atoms with Crippen LogP contribution < -0.4 is 0 Å². The molecule has 0 saturated carbocycles. The summed E-state index contributed by atoms with van der Waals surface area (Å²) < 4.78 is 4.59. The van der Waals surface area contributed by atoms with Crippen LogP contribution in [-0.4, -0.2) is 9.13 Å². The van der Waals surface area contributed by atoms with Crippen molar-refractivity contribution < 1.29 is 0 Å². The van der Waals surface area contributed by atoms with Gasteiger partial charge in [0.15, 0.2) is 0 Å². The SMILES string of the molecule is N#Cc1ccc2c(c1)c1cccc(-c3ccccc3-c3ccccc3-c3cccc4c5ccccc5n(-c5ccccc5)c34)c1n2-c1ccccc1C#N. The largest absolute Gasteiger partial charge is 0.309 e. The molecule has 0 bridgehead atoms. The van der Waals surface area contributed by atoms with Crippen molar-refractivity contribution in [2.24, 2.45) is 0 Å². The van der Waals surface area contributed by atoms with Gasteiger partial charge in [-0.15, -0.1) is 0 Å². The van der Waals surface area contributed by atoms with Crippen LogP contribution in [0.2, 0.25) is 0 Å². The molecule has 0 radical (unpaired) electrons. The number of para-hydroxylation sites is 5. The number of nitriles is 2. The Kier molecular flexibility index (Phi) is 7.22. The van der Waals surface area contributed by atoms with Crippen molar-refractivity contribution in [3.63, 3.8) is 0 Å². The van der Waals surface area contributed by atoms with Crippen molar-refractivity contribution in [2.75, 3.05) is 0 Å². The minimum absolute atomic E-state index is 0.580. The summed E-state index contributed by atoms with van der Waals surface area (Å²) >= 11 is 0. The van der Waals surface area contributed by atoms with Gasteiger partial charge in [-0.25, -0.2) is 0 Å². The van der Waals surface area contributed by atoms with Crippen LogP contribution >= 0.6 is 0 Å². The zero-order valence-electron chi connectivity index (χ0n) is 29.1. The van der Waals surface area contributed by atoms with Gasteiger partial charge < -0.3 is 9.13 Å². The molecule has 54 heavy (non-hydrogen) atoms. The third-order valence-electron chi connectivity index (χ3n) is 10.6. The lowest BCUT2D eigenvalue weighted by Crippen LogP contribution is -1.99. The summed E-state index contributed by atoms with van der Waals surface area (Å²) in [5.74, 6) is 0. The molecule has 0 atom stereocenters. The molecular formula is C50H30N4. The normalized spacial score (nSPS) is 11.3. The molecule has 4 heteroatoms. The number of aromatic nitrogens is 2. The molecule has 0 aliphatic rings. The lowest BCUT2D eigenvalue weighted by molar-refractivity contribution is 1.17. The third-order valence-corrected chi connectivity index (χ3v) is 10.6. The van der Waals surface area contributed by atoms with Gasteiger partial charge in [-0.1, -0.05) is 133 Å². The average Bonchev–Trinajstić information content (AvgIpc) is 3.77. The number of rotatable bonds is 5. The first-order chi connectivity index (χ1) is 26.7. The van der Waals surface area contributed by atoms with Crippen LogP contribution in [0, 0.1) is 22.7 Å². The Morgan fingerprint density at radius 1 is 0.352 bits per heavy atom. The molecule has 10 rings (SSSR count). The maximum absolute atomic E-state index is 10.3. The molecule has 0 fully saturated rings. The minimum Gasteiger partial charge on any atom is -0.309 e. The lowest BCUT2D eigenvalue weighted by atomic mass is 9.88. The van der Waals surface area contributed by atoms with Crippen molar-refractivity contribution in [2.45, 2.75) is 0 Å². The second kappa shape index (κ2) is 12.5. The van der Waals surface area contributed by atoms with Crippen LogP contribution in [0.1, 0.15) is 11.1 Å². The lowest BCUT2D eigenvalue weighted by Gasteiger charge is -2.18. The van der Waals surface area contributed by atoms with Gasteiger partial charge in [-0.05, 0) is 70.8 Å². The summed E-state index contributed by atoms with van der Waals surface area (Å²) in [5.41, 5.74) is 14.0. The molecule has 0 N–H and O–H groups in total. The minimum atomic E-state index is 0.580. The van der Waals surface area contributed by atoms with Crippen LogP contribution in [-0.2, 0) is 0 Å². The van der Waals surface area contributed by atoms with Crippen molar-refractivity contribution in [3.05, 3.63) is 193 Å². The number of nitrogens with zero attached hydrogens (tertiary/aromatic N) is 4. The van der Waals surface area contributed by atoms with Crippen LogP contribution in [0.25, 0.3) is 88.4 Å². The zero-order chi connectivity index (χ0) is 36.2. The van der Waals surface area contributed by atoms with Gasteiger partial charge in [-0.3, -0.25) is 0 Å². The first kappa shape index (κ1) is 31.1. The topological polar surface area (TPSA) is 57.4 Å². The summed E-state index contributed by atoms with van der Waals surface area (Å²) in [6.07, 6.45) is 0. The predicted molar refractivity (Wildman–Crippen MR) is 221 cm³/mol. The van der Waals surface area contributed by atoms with E-state index in [4.69, 9.17) is 0 Å². The zero-order valence-corrected chi connectivity index (χ0v) is 29.1. The monoisotopic (exact) mass is 686 g/mol. The molecule has 0 amide bonds. The van der Waals surface area contributed by atoms with Crippen molar-refractivity contribution in [1.29, 1.82) is 10.5 Å². The van der Waals surface area contributed by atoms with E-state index in [-0.39, 0.29) is 0 Å². The van der Waals surface area contributed by atoms with Gasteiger partial charge in [0.1, 0.15) is 6.07 Å². The molecule has 2 aromatic heterocycles. The molecule has 0 unspecified atom stereocenters. The molecule has 10 aromatic rings. The molecule has 0 aliphatic carbocycles. The highest BCUT2D eigenvalue weighted by Crippen LogP contribution is 2.46. The first-order valence-electron chi connectivity index (χ1n) is 18.0. The fraction of sp³-hybridized carbons (Fsp3) is 0. The van der Waals surface area contributed by atoms with E-state index in [1.807, 2.05) is 42.5 Å². The van der Waals surface area contributed by atoms with E-state index in [0.717, 1.165) is 66.6 Å². The van der Waals surface area contributed by atoms with E-state index in [1.165, 1.54) is 21.8 Å². The van der Waals surface area contributed by atoms with E-state index in [0.29, 0.717) is 11.1 Å². The Balaban J connectivity index is 1.28. The summed E-state index contributed by atoms with van der Waals surface area (Å²) in [6, 6.07) is 67.9. The van der Waals surface area contributed by atoms with Crippen molar-refractivity contribution >= 4 is 43.6 Å². The molecule has 0 saturated heterocycles. The van der Waals surface area contributed by atoms with Crippen LogP contribution in [0.15, 0.2) is 182 Å². The molecule has 4 nitrogen and oxygen atoms in total. The van der Waals surface area contributed by atoms with Gasteiger partial charge >= 0.3 is 0 Å². The summed E-state index contributed by atoms with van der Waals surface area (Å²) in [5, 5.41) is 24.6. The van der Waals surface area contributed by atoms with Crippen LogP contribution in [0.4, 0.5) is 0 Å². The molecular weight excluding hydrogens is 657 g/mol. The smallest absolute Gasteiger partial charge is 0.101 e. The van der Waals surface area contributed by atoms with Crippen LogP contribution in [0.5, 0.6) is 0 Å². The Hall–Kier alpha value is -7.66. The van der Waals surface area contributed by atoms with Crippen molar-refractivity contribution in [3.8, 4) is 56.9 Å². The Morgan fingerprint density at radius 2 is 0.852 bits per heavy atom. The third kappa shape index (κ3) is 4.68.